The number of carbonyl (C=O) groups excluding carboxylic acids is 2. The van der Waals surface area contributed by atoms with E-state index in [0.29, 0.717) is 18.8 Å². The van der Waals surface area contributed by atoms with Crippen molar-refractivity contribution in [2.24, 2.45) is 11.8 Å². The number of epoxide rings is 1. The molecule has 2 heterocycles. The highest BCUT2D eigenvalue weighted by Gasteiger charge is 2.51. The second kappa shape index (κ2) is 24.6. The molecule has 0 radical (unpaired) electrons. The van der Waals surface area contributed by atoms with Crippen LogP contribution in [0.3, 0.4) is 0 Å². The van der Waals surface area contributed by atoms with Crippen molar-refractivity contribution in [1.82, 2.24) is 0 Å². The Morgan fingerprint density at radius 1 is 0.917 bits per heavy atom. The molecular weight excluding hydrogens is 805 g/mol. The summed E-state index contributed by atoms with van der Waals surface area (Å²) in [4.78, 5) is 26.1. The van der Waals surface area contributed by atoms with Gasteiger partial charge in [-0.3, -0.25) is 9.59 Å². The summed E-state index contributed by atoms with van der Waals surface area (Å²) in [5.41, 5.74) is -1.04. The highest BCUT2D eigenvalue weighted by molar-refractivity contribution is 6.74. The molecule has 0 bridgehead atoms. The number of hydrogen-bond acceptors (Lipinski definition) is 9. The van der Waals surface area contributed by atoms with E-state index >= 15 is 0 Å². The van der Waals surface area contributed by atoms with E-state index < -0.39 is 60.4 Å². The van der Waals surface area contributed by atoms with Crippen molar-refractivity contribution in [3.63, 3.8) is 0 Å². The number of ether oxygens (including phenoxy) is 3. The molecular formula is C48H90O9Si3. The lowest BCUT2D eigenvalue weighted by Crippen LogP contribution is -2.46. The normalized spacial score (nSPS) is 28.4. The molecule has 0 amide bonds. The maximum atomic E-state index is 13.9. The van der Waals surface area contributed by atoms with Gasteiger partial charge in [0, 0.05) is 31.3 Å². The van der Waals surface area contributed by atoms with Crippen molar-refractivity contribution in [2.75, 3.05) is 0 Å². The molecule has 0 saturated carbocycles. The van der Waals surface area contributed by atoms with Gasteiger partial charge in [0.15, 0.2) is 25.0 Å². The Labute approximate surface area is 370 Å². The van der Waals surface area contributed by atoms with Gasteiger partial charge < -0.3 is 32.6 Å². The Bertz CT molecular complexity index is 1380. The van der Waals surface area contributed by atoms with Crippen LogP contribution < -0.4 is 0 Å². The van der Waals surface area contributed by atoms with Gasteiger partial charge in [-0.05, 0) is 106 Å². The number of hydrogen-bond donors (Lipinski definition) is 1. The predicted molar refractivity (Wildman–Crippen MR) is 255 cm³/mol. The van der Waals surface area contributed by atoms with Gasteiger partial charge in [-0.25, -0.2) is 0 Å². The van der Waals surface area contributed by atoms with Gasteiger partial charge in [0.2, 0.25) is 0 Å². The van der Waals surface area contributed by atoms with Crippen LogP contribution in [0.1, 0.15) is 143 Å². The molecule has 2 aliphatic rings. The first-order valence-corrected chi connectivity index (χ1v) is 31.6. The first-order valence-electron chi connectivity index (χ1n) is 24.0. The minimum atomic E-state index is -2.10. The summed E-state index contributed by atoms with van der Waals surface area (Å²) in [6, 6.07) is 9.36. The van der Waals surface area contributed by atoms with Gasteiger partial charge >= 0.3 is 11.9 Å². The summed E-state index contributed by atoms with van der Waals surface area (Å²) >= 11 is 0. The van der Waals surface area contributed by atoms with E-state index in [0.717, 1.165) is 72.8 Å². The molecule has 2 aliphatic heterocycles. The van der Waals surface area contributed by atoms with Gasteiger partial charge in [-0.15, -0.1) is 0 Å². The molecule has 348 valence electrons. The van der Waals surface area contributed by atoms with Crippen molar-refractivity contribution in [3.05, 3.63) is 36.0 Å². The van der Waals surface area contributed by atoms with Crippen LogP contribution in [0.2, 0.25) is 54.4 Å². The van der Waals surface area contributed by atoms with Crippen LogP contribution >= 0.6 is 0 Å². The summed E-state index contributed by atoms with van der Waals surface area (Å²) in [6.07, 6.45) is 11.0. The summed E-state index contributed by atoms with van der Waals surface area (Å²) < 4.78 is 39.8. The lowest BCUT2D eigenvalue weighted by molar-refractivity contribution is -0.157. The van der Waals surface area contributed by atoms with E-state index in [1.165, 1.54) is 6.92 Å². The van der Waals surface area contributed by atoms with Crippen molar-refractivity contribution >= 4 is 36.9 Å². The lowest BCUT2D eigenvalue weighted by atomic mass is 9.88. The number of esters is 2. The zero-order valence-corrected chi connectivity index (χ0v) is 44.1. The first kappa shape index (κ1) is 54.7. The van der Waals surface area contributed by atoms with Crippen molar-refractivity contribution < 1.29 is 42.2 Å². The first-order chi connectivity index (χ1) is 28.2. The topological polar surface area (TPSA) is 113 Å². The highest BCUT2D eigenvalue weighted by Crippen LogP contribution is 2.42. The number of aliphatic hydroxyl groups is 1. The fourth-order valence-corrected chi connectivity index (χ4v) is 18.5. The number of allylic oxidation sites excluding steroid dienone is 2. The third-order valence-corrected chi connectivity index (χ3v) is 28.8. The molecule has 1 N–H and O–H groups in total. The summed E-state index contributed by atoms with van der Waals surface area (Å²) in [7, 11) is -5.90. The Morgan fingerprint density at radius 3 is 1.97 bits per heavy atom. The van der Waals surface area contributed by atoms with E-state index in [4.69, 9.17) is 27.5 Å². The second-order valence-corrected chi connectivity index (χ2v) is 32.8. The minimum absolute atomic E-state index is 0.0838. The molecule has 0 aliphatic carbocycles. The monoisotopic (exact) mass is 895 g/mol. The highest BCUT2D eigenvalue weighted by atomic mass is 28.4. The lowest BCUT2D eigenvalue weighted by Gasteiger charge is -2.39. The van der Waals surface area contributed by atoms with Crippen LogP contribution in [0.25, 0.3) is 0 Å². The van der Waals surface area contributed by atoms with E-state index in [1.54, 1.807) is 13.0 Å². The Kier molecular flexibility index (Phi) is 22.5. The van der Waals surface area contributed by atoms with Crippen molar-refractivity contribution in [1.29, 1.82) is 0 Å². The van der Waals surface area contributed by atoms with Crippen LogP contribution in [-0.2, 0) is 37.1 Å². The van der Waals surface area contributed by atoms with Gasteiger partial charge in [0.1, 0.15) is 17.8 Å². The summed E-state index contributed by atoms with van der Waals surface area (Å²) in [6.45, 7) is 34.0. The van der Waals surface area contributed by atoms with Gasteiger partial charge in [-0.1, -0.05) is 107 Å². The Balaban J connectivity index is 2.52. The molecule has 0 aromatic carbocycles. The molecule has 6 unspecified atom stereocenters. The Morgan fingerprint density at radius 2 is 1.47 bits per heavy atom. The number of cyclic esters (lactones) is 1. The molecule has 1 fully saturated rings. The molecule has 1 saturated heterocycles. The van der Waals surface area contributed by atoms with Crippen LogP contribution in [0, 0.1) is 11.8 Å². The molecule has 10 atom stereocenters. The van der Waals surface area contributed by atoms with Crippen molar-refractivity contribution in [3.8, 4) is 0 Å². The van der Waals surface area contributed by atoms with E-state index in [-0.39, 0.29) is 36.6 Å². The number of carbonyl (C=O) groups is 2. The standard InChI is InChI=1S/C48H90O9Si3/c1-17-41(56-59(21-5,22-6)23-7)38(13)46-42(53-46)35-47(15,57-60(24-8,25-9)26-10)32-27-28-36(11)45-37(12)29-30-43(52-39(14)49)48(16,51)33-31-40(34-44(50)54-45)55-58(18-2,19-3)20-4/h27-30,32,37-38,40-43,45-46,51H,17-26,31,33-35H2,1-16H3/b30-29?,32-27+,36-28+/t37?,38-,40?,41+,42-,43?,45?,46-,47?,48?/m1/s1. The van der Waals surface area contributed by atoms with Gasteiger partial charge in [0.05, 0.1) is 30.3 Å². The average Bonchev–Trinajstić information content (AvgIpc) is 3.99. The van der Waals surface area contributed by atoms with Crippen LogP contribution in [-0.4, -0.2) is 89.8 Å². The van der Waals surface area contributed by atoms with Crippen LogP contribution in [0.4, 0.5) is 0 Å². The molecule has 2 rings (SSSR count). The third kappa shape index (κ3) is 15.4. The van der Waals surface area contributed by atoms with E-state index in [1.807, 2.05) is 26.0 Å². The fraction of sp³-hybridized carbons (Fsp3) is 0.833. The van der Waals surface area contributed by atoms with E-state index in [2.05, 4.69) is 95.2 Å². The van der Waals surface area contributed by atoms with E-state index in [9.17, 15) is 14.7 Å². The molecule has 0 spiro atoms. The maximum absolute atomic E-state index is 13.9. The SMILES string of the molecule is CC[C@H](O[Si](CC)(CC)CC)[C@@H](C)[C@H]1O[C@@H]1CC(C)(/C=C/C=C(\C)C1OC(=O)CC(O[Si](CC)(CC)CC)CCC(C)(O)C(OC(C)=O)C=CC1C)O[Si](CC)(CC)CC. The zero-order valence-electron chi connectivity index (χ0n) is 41.1. The predicted octanol–water partition coefficient (Wildman–Crippen LogP) is 12.2. The molecule has 60 heavy (non-hydrogen) atoms. The fourth-order valence-electron chi connectivity index (χ4n) is 9.45. The van der Waals surface area contributed by atoms with Gasteiger partial charge in [-0.2, -0.15) is 0 Å². The average molecular weight is 895 g/mol. The molecule has 0 aromatic heterocycles. The van der Waals surface area contributed by atoms with Gasteiger partial charge in [0.25, 0.3) is 0 Å². The summed E-state index contributed by atoms with van der Waals surface area (Å²) in [5, 5.41) is 11.7. The minimum Gasteiger partial charge on any atom is -0.457 e. The maximum Gasteiger partial charge on any atom is 0.308 e. The largest absolute Gasteiger partial charge is 0.457 e. The second-order valence-electron chi connectivity index (χ2n) is 18.7. The van der Waals surface area contributed by atoms with Crippen LogP contribution in [0.15, 0.2) is 36.0 Å². The van der Waals surface area contributed by atoms with Crippen LogP contribution in [0.5, 0.6) is 0 Å². The molecule has 0 aromatic rings. The quantitative estimate of drug-likeness (QED) is 0.0333. The molecule has 9 nitrogen and oxygen atoms in total. The van der Waals surface area contributed by atoms with Crippen molar-refractivity contribution in [2.45, 2.75) is 245 Å². The Hall–Kier alpha value is -1.39. The summed E-state index contributed by atoms with van der Waals surface area (Å²) in [5.74, 6) is -0.775. The third-order valence-electron chi connectivity index (χ3n) is 14.7. The smallest absolute Gasteiger partial charge is 0.308 e. The molecule has 12 heteroatoms. The number of rotatable bonds is 24. The zero-order chi connectivity index (χ0) is 45.5.